The maximum Gasteiger partial charge on any atom is 0.514 e. The molecule has 7 rings (SSSR count). The first-order valence-corrected chi connectivity index (χ1v) is 18.0. The molecule has 0 aromatic heterocycles. The molecule has 3 N–H and O–H groups in total. The number of ether oxygens (including phenoxy) is 7. The highest BCUT2D eigenvalue weighted by atomic mass is 16.7. The Hall–Kier alpha value is -7.22. The third-order valence-corrected chi connectivity index (χ3v) is 10.0. The van der Waals surface area contributed by atoms with Gasteiger partial charge in [-0.3, -0.25) is 9.59 Å². The lowest BCUT2D eigenvalue weighted by Crippen LogP contribution is -2.21. The topological polar surface area (TPSA) is 194 Å². The molecule has 0 heterocycles. The summed E-state index contributed by atoms with van der Waals surface area (Å²) in [5, 5.41) is 34.6. The molecule has 14 heteroatoms. The fourth-order valence-electron chi connectivity index (χ4n) is 7.76. The molecular weight excluding hydrogens is 752 g/mol. The summed E-state index contributed by atoms with van der Waals surface area (Å²) < 4.78 is 40.1. The van der Waals surface area contributed by atoms with Crippen molar-refractivity contribution in [1.82, 2.24) is 0 Å². The number of phenolic OH excluding ortho intramolecular Hbond substituents is 3. The standard InChI is InChI=1S/C44H38O14/c1-20(56-43(50)22-10-8-7-9-11-22)16-25-31-32-26(17-21(2)57-44(51)58-24-14-12-23(45)13-15-24)42(55-6)40(49)34-28(47)19-30(53-4)36(38(32)34)35-29(52-3)18-27(46)33(37(31)35)39(48)41(25)54-5/h7-15,18-21,45,48-49H,16-17H2,1-6H3/t20-,21+/m0/s1. The molecule has 0 aliphatic heterocycles. The van der Waals surface area contributed by atoms with Gasteiger partial charge in [-0.25, -0.2) is 9.59 Å². The van der Waals surface area contributed by atoms with Crippen LogP contribution in [0.15, 0.2) is 76.3 Å². The molecule has 0 saturated heterocycles. The Morgan fingerprint density at radius 2 is 1.03 bits per heavy atom. The Balaban J connectivity index is 1.58. The number of benzene rings is 7. The molecule has 0 aliphatic rings. The first-order valence-electron chi connectivity index (χ1n) is 18.0. The average molecular weight is 791 g/mol. The molecule has 0 radical (unpaired) electrons. The number of carbonyl (C=O) groups is 2. The molecule has 0 saturated carbocycles. The highest BCUT2D eigenvalue weighted by Crippen LogP contribution is 2.55. The minimum absolute atomic E-state index is 0.0325. The lowest BCUT2D eigenvalue weighted by molar-refractivity contribution is 0.0342. The average Bonchev–Trinajstić information content (AvgIpc) is 3.19. The summed E-state index contributed by atoms with van der Waals surface area (Å²) in [4.78, 5) is 54.3. The Labute approximate surface area is 329 Å². The maximum absolute atomic E-state index is 14.0. The SMILES string of the molecule is COc1c(O)c2c(=O)cc(OC)c3c4c(OC)cc(=O)c5c(O)c(OC)c(C[C@H](C)OC(=O)c6ccccc6)c(c(c1C[C@@H](C)OC(=O)Oc1ccc(O)cc1)c23)c54. The molecule has 298 valence electrons. The summed E-state index contributed by atoms with van der Waals surface area (Å²) in [5.74, 6) is -1.64. The third-order valence-electron chi connectivity index (χ3n) is 10.0. The zero-order valence-corrected chi connectivity index (χ0v) is 32.3. The van der Waals surface area contributed by atoms with Crippen LogP contribution in [0.1, 0.15) is 35.3 Å². The van der Waals surface area contributed by atoms with Gasteiger partial charge in [-0.2, -0.15) is 0 Å². The van der Waals surface area contributed by atoms with E-state index in [9.17, 15) is 34.5 Å². The van der Waals surface area contributed by atoms with Gasteiger partial charge in [0.1, 0.15) is 35.2 Å². The van der Waals surface area contributed by atoms with Crippen LogP contribution in [0.25, 0.3) is 43.1 Å². The zero-order valence-electron chi connectivity index (χ0n) is 32.3. The van der Waals surface area contributed by atoms with Gasteiger partial charge in [-0.05, 0) is 61.0 Å². The van der Waals surface area contributed by atoms with Crippen LogP contribution in [0.2, 0.25) is 0 Å². The number of phenols is 3. The normalized spacial score (nSPS) is 12.4. The van der Waals surface area contributed by atoms with Gasteiger partial charge in [0.2, 0.25) is 0 Å². The van der Waals surface area contributed by atoms with Crippen molar-refractivity contribution in [1.29, 1.82) is 0 Å². The summed E-state index contributed by atoms with van der Waals surface area (Å²) in [5.41, 5.74) is -0.440. The van der Waals surface area contributed by atoms with Crippen LogP contribution in [0.5, 0.6) is 46.0 Å². The minimum atomic E-state index is -1.07. The van der Waals surface area contributed by atoms with Gasteiger partial charge in [0.05, 0.1) is 44.8 Å². The van der Waals surface area contributed by atoms with Crippen molar-refractivity contribution >= 4 is 55.2 Å². The largest absolute Gasteiger partial charge is 0.514 e. The van der Waals surface area contributed by atoms with Gasteiger partial charge in [0.25, 0.3) is 0 Å². The molecule has 0 amide bonds. The van der Waals surface area contributed by atoms with Crippen molar-refractivity contribution in [2.75, 3.05) is 28.4 Å². The first-order chi connectivity index (χ1) is 27.8. The maximum atomic E-state index is 14.0. The number of carbonyl (C=O) groups excluding carboxylic acids is 2. The van der Waals surface area contributed by atoms with Gasteiger partial charge in [-0.15, -0.1) is 0 Å². The Morgan fingerprint density at radius 3 is 1.48 bits per heavy atom. The van der Waals surface area contributed by atoms with E-state index in [0.717, 1.165) is 0 Å². The lowest BCUT2D eigenvalue weighted by atomic mass is 9.81. The monoisotopic (exact) mass is 790 g/mol. The molecule has 0 aliphatic carbocycles. The van der Waals surface area contributed by atoms with Crippen LogP contribution in [0.3, 0.4) is 0 Å². The van der Waals surface area contributed by atoms with Crippen molar-refractivity contribution in [3.63, 3.8) is 0 Å². The molecule has 7 aromatic rings. The first kappa shape index (κ1) is 39.0. The van der Waals surface area contributed by atoms with Crippen molar-refractivity contribution in [3.8, 4) is 46.0 Å². The summed E-state index contributed by atoms with van der Waals surface area (Å²) in [6.07, 6.45) is -3.19. The predicted octanol–water partition coefficient (Wildman–Crippen LogP) is 6.98. The van der Waals surface area contributed by atoms with Gasteiger partial charge in [0.15, 0.2) is 33.9 Å². The van der Waals surface area contributed by atoms with Crippen LogP contribution in [0.4, 0.5) is 4.79 Å². The molecule has 0 spiro atoms. The smallest absolute Gasteiger partial charge is 0.508 e. The number of hydrogen-bond acceptors (Lipinski definition) is 14. The van der Waals surface area contributed by atoms with Crippen LogP contribution in [-0.4, -0.2) is 68.1 Å². The summed E-state index contributed by atoms with van der Waals surface area (Å²) >= 11 is 0. The van der Waals surface area contributed by atoms with Gasteiger partial charge in [-0.1, -0.05) is 18.2 Å². The van der Waals surface area contributed by atoms with Crippen molar-refractivity contribution in [2.45, 2.75) is 38.9 Å². The van der Waals surface area contributed by atoms with Crippen LogP contribution in [-0.2, 0) is 22.3 Å². The Kier molecular flexibility index (Phi) is 10.3. The fraction of sp³-hybridized carbons (Fsp3) is 0.227. The third kappa shape index (κ3) is 6.51. The molecule has 58 heavy (non-hydrogen) atoms. The second kappa shape index (κ2) is 15.4. The van der Waals surface area contributed by atoms with E-state index in [1.807, 2.05) is 0 Å². The summed E-state index contributed by atoms with van der Waals surface area (Å²) in [6, 6.07) is 16.2. The summed E-state index contributed by atoms with van der Waals surface area (Å²) in [6.45, 7) is 3.23. The van der Waals surface area contributed by atoms with Crippen molar-refractivity contribution in [3.05, 3.63) is 104 Å². The Bertz CT molecular complexity index is 2840. The van der Waals surface area contributed by atoms with Crippen LogP contribution in [0, 0.1) is 0 Å². The number of aromatic hydroxyl groups is 3. The van der Waals surface area contributed by atoms with E-state index in [2.05, 4.69) is 0 Å². The number of methoxy groups -OCH3 is 4. The molecule has 14 nitrogen and oxygen atoms in total. The number of fused-ring (bicyclic) bond motifs is 2. The molecule has 0 fully saturated rings. The fourth-order valence-corrected chi connectivity index (χ4v) is 7.76. The Morgan fingerprint density at radius 1 is 0.569 bits per heavy atom. The van der Waals surface area contributed by atoms with E-state index in [1.54, 1.807) is 44.2 Å². The van der Waals surface area contributed by atoms with E-state index in [4.69, 9.17) is 33.2 Å². The van der Waals surface area contributed by atoms with E-state index in [-0.39, 0.29) is 102 Å². The molecule has 2 atom stereocenters. The van der Waals surface area contributed by atoms with E-state index < -0.39 is 46.7 Å². The minimum Gasteiger partial charge on any atom is -0.508 e. The highest BCUT2D eigenvalue weighted by Gasteiger charge is 2.34. The second-order valence-corrected chi connectivity index (χ2v) is 13.6. The molecule has 7 aromatic carbocycles. The van der Waals surface area contributed by atoms with Crippen LogP contribution < -0.4 is 34.5 Å². The summed E-state index contributed by atoms with van der Waals surface area (Å²) in [7, 11) is 5.33. The highest BCUT2D eigenvalue weighted by molar-refractivity contribution is 6.38. The molecular formula is C44H38O14. The zero-order chi connectivity index (χ0) is 41.6. The van der Waals surface area contributed by atoms with Crippen LogP contribution >= 0.6 is 0 Å². The van der Waals surface area contributed by atoms with E-state index in [0.29, 0.717) is 5.56 Å². The predicted molar refractivity (Wildman–Crippen MR) is 214 cm³/mol. The van der Waals surface area contributed by atoms with E-state index in [1.165, 1.54) is 64.8 Å². The second-order valence-electron chi connectivity index (χ2n) is 13.6. The van der Waals surface area contributed by atoms with Gasteiger partial charge >= 0.3 is 12.1 Å². The quantitative estimate of drug-likeness (QED) is 0.0497. The molecule has 0 unspecified atom stereocenters. The molecule has 0 bridgehead atoms. The number of rotatable bonds is 12. The number of hydrogen-bond donors (Lipinski definition) is 3. The van der Waals surface area contributed by atoms with Crippen molar-refractivity contribution < 1.29 is 58.1 Å². The van der Waals surface area contributed by atoms with Gasteiger partial charge in [0, 0.05) is 57.6 Å². The van der Waals surface area contributed by atoms with Gasteiger partial charge < -0.3 is 48.5 Å². The lowest BCUT2D eigenvalue weighted by Gasteiger charge is -2.26. The van der Waals surface area contributed by atoms with Crippen molar-refractivity contribution in [2.24, 2.45) is 0 Å². The van der Waals surface area contributed by atoms with E-state index >= 15 is 0 Å². The number of esters is 1.